The fourth-order valence-corrected chi connectivity index (χ4v) is 2.31. The van der Waals surface area contributed by atoms with E-state index in [9.17, 15) is 0 Å². The predicted octanol–water partition coefficient (Wildman–Crippen LogP) is 1.10. The molecule has 2 aromatic rings. The molecule has 0 saturated carbocycles. The van der Waals surface area contributed by atoms with Gasteiger partial charge < -0.3 is 9.88 Å². The van der Waals surface area contributed by atoms with Crippen LogP contribution in [0.1, 0.15) is 24.1 Å². The van der Waals surface area contributed by atoms with Gasteiger partial charge in [-0.3, -0.25) is 4.68 Å². The first kappa shape index (κ1) is 14.0. The zero-order chi connectivity index (χ0) is 13.8. The molecule has 0 saturated heterocycles. The van der Waals surface area contributed by atoms with Crippen molar-refractivity contribution < 1.29 is 0 Å². The van der Waals surface area contributed by atoms with Gasteiger partial charge in [-0.2, -0.15) is 5.10 Å². The SMILES string of the molecule is CCc1nn(C)c(CNCCc2nncn2C)c1Cl. The van der Waals surface area contributed by atoms with E-state index in [1.807, 2.05) is 23.3 Å². The van der Waals surface area contributed by atoms with Gasteiger partial charge in [-0.25, -0.2) is 0 Å². The van der Waals surface area contributed by atoms with Crippen LogP contribution in [0, 0.1) is 0 Å². The zero-order valence-corrected chi connectivity index (χ0v) is 12.3. The van der Waals surface area contributed by atoms with E-state index in [1.54, 1.807) is 6.33 Å². The molecule has 1 N–H and O–H groups in total. The summed E-state index contributed by atoms with van der Waals surface area (Å²) >= 11 is 6.28. The predicted molar refractivity (Wildman–Crippen MR) is 74.0 cm³/mol. The molecule has 104 valence electrons. The van der Waals surface area contributed by atoms with Gasteiger partial charge in [0.15, 0.2) is 0 Å². The summed E-state index contributed by atoms with van der Waals surface area (Å²) < 4.78 is 3.77. The Morgan fingerprint density at radius 2 is 2.16 bits per heavy atom. The van der Waals surface area contributed by atoms with Crippen LogP contribution in [-0.4, -0.2) is 31.1 Å². The number of halogens is 1. The van der Waals surface area contributed by atoms with Crippen molar-refractivity contribution in [2.75, 3.05) is 6.54 Å². The lowest BCUT2D eigenvalue weighted by Crippen LogP contribution is -2.20. The smallest absolute Gasteiger partial charge is 0.133 e. The number of aryl methyl sites for hydroxylation is 3. The highest BCUT2D eigenvalue weighted by Crippen LogP contribution is 2.20. The molecule has 0 radical (unpaired) electrons. The molecule has 0 amide bonds. The van der Waals surface area contributed by atoms with Crippen LogP contribution in [0.5, 0.6) is 0 Å². The van der Waals surface area contributed by atoms with E-state index < -0.39 is 0 Å². The molecule has 6 nitrogen and oxygen atoms in total. The molecule has 0 bridgehead atoms. The number of hydrogen-bond donors (Lipinski definition) is 1. The monoisotopic (exact) mass is 282 g/mol. The molecule has 0 unspecified atom stereocenters. The Hall–Kier alpha value is -1.40. The second kappa shape index (κ2) is 6.16. The van der Waals surface area contributed by atoms with Crippen LogP contribution in [0.3, 0.4) is 0 Å². The summed E-state index contributed by atoms with van der Waals surface area (Å²) in [5.74, 6) is 0.970. The fraction of sp³-hybridized carbons (Fsp3) is 0.583. The van der Waals surface area contributed by atoms with Crippen LogP contribution in [-0.2, 0) is 33.5 Å². The lowest BCUT2D eigenvalue weighted by atomic mass is 10.3. The van der Waals surface area contributed by atoms with Gasteiger partial charge in [0.25, 0.3) is 0 Å². The highest BCUT2D eigenvalue weighted by atomic mass is 35.5. The van der Waals surface area contributed by atoms with E-state index in [-0.39, 0.29) is 0 Å². The van der Waals surface area contributed by atoms with E-state index in [0.29, 0.717) is 6.54 Å². The van der Waals surface area contributed by atoms with Crippen LogP contribution in [0.2, 0.25) is 5.02 Å². The van der Waals surface area contributed by atoms with Gasteiger partial charge in [0, 0.05) is 33.6 Å². The van der Waals surface area contributed by atoms with Gasteiger partial charge in [-0.05, 0) is 6.42 Å². The van der Waals surface area contributed by atoms with E-state index in [2.05, 4.69) is 27.5 Å². The largest absolute Gasteiger partial charge is 0.321 e. The third-order valence-corrected chi connectivity index (χ3v) is 3.56. The van der Waals surface area contributed by atoms with Crippen molar-refractivity contribution in [3.05, 3.63) is 28.6 Å². The van der Waals surface area contributed by atoms with Gasteiger partial charge in [-0.1, -0.05) is 18.5 Å². The summed E-state index contributed by atoms with van der Waals surface area (Å²) in [7, 11) is 3.87. The topological polar surface area (TPSA) is 60.6 Å². The Balaban J connectivity index is 1.86. The van der Waals surface area contributed by atoms with E-state index in [1.165, 1.54) is 0 Å². The molecule has 0 spiro atoms. The molecular formula is C12H19ClN6. The first-order valence-electron chi connectivity index (χ1n) is 6.37. The van der Waals surface area contributed by atoms with Gasteiger partial charge in [0.2, 0.25) is 0 Å². The maximum atomic E-state index is 6.28. The van der Waals surface area contributed by atoms with E-state index in [4.69, 9.17) is 11.6 Å². The lowest BCUT2D eigenvalue weighted by molar-refractivity contribution is 0.610. The summed E-state index contributed by atoms with van der Waals surface area (Å²) in [6, 6.07) is 0. The number of nitrogens with one attached hydrogen (secondary N) is 1. The lowest BCUT2D eigenvalue weighted by Gasteiger charge is -2.05. The molecule has 0 aromatic carbocycles. The normalized spacial score (nSPS) is 11.2. The first-order valence-corrected chi connectivity index (χ1v) is 6.75. The van der Waals surface area contributed by atoms with Crippen molar-refractivity contribution in [3.8, 4) is 0 Å². The fourth-order valence-electron chi connectivity index (χ4n) is 1.95. The molecular weight excluding hydrogens is 264 g/mol. The van der Waals surface area contributed by atoms with Crippen LogP contribution in [0.25, 0.3) is 0 Å². The first-order chi connectivity index (χ1) is 9.13. The number of rotatable bonds is 6. The number of nitrogens with zero attached hydrogens (tertiary/aromatic N) is 5. The number of aromatic nitrogens is 5. The molecule has 2 heterocycles. The Labute approximate surface area is 117 Å². The third-order valence-electron chi connectivity index (χ3n) is 3.13. The molecule has 19 heavy (non-hydrogen) atoms. The van der Waals surface area contributed by atoms with Gasteiger partial charge >= 0.3 is 0 Å². The van der Waals surface area contributed by atoms with Crippen molar-refractivity contribution in [2.24, 2.45) is 14.1 Å². The van der Waals surface area contributed by atoms with Crippen LogP contribution >= 0.6 is 11.6 Å². The minimum atomic E-state index is 0.709. The molecule has 0 aliphatic carbocycles. The average molecular weight is 283 g/mol. The summed E-state index contributed by atoms with van der Waals surface area (Å²) in [6.45, 7) is 3.59. The van der Waals surface area contributed by atoms with Crippen molar-refractivity contribution in [3.63, 3.8) is 0 Å². The van der Waals surface area contributed by atoms with E-state index in [0.717, 1.165) is 41.6 Å². The van der Waals surface area contributed by atoms with Gasteiger partial charge in [0.05, 0.1) is 16.4 Å². The standard InChI is InChI=1S/C12H19ClN6/c1-4-9-12(13)10(19(3)17-9)7-14-6-5-11-16-15-8-18(11)2/h8,14H,4-7H2,1-3H3. The van der Waals surface area contributed by atoms with E-state index >= 15 is 0 Å². The quantitative estimate of drug-likeness (QED) is 0.806. The minimum Gasteiger partial charge on any atom is -0.321 e. The Bertz CT molecular complexity index is 544. The summed E-state index contributed by atoms with van der Waals surface area (Å²) in [6.07, 6.45) is 3.40. The zero-order valence-electron chi connectivity index (χ0n) is 11.5. The third kappa shape index (κ3) is 3.13. The van der Waals surface area contributed by atoms with Gasteiger partial charge in [0.1, 0.15) is 12.2 Å². The number of hydrogen-bond acceptors (Lipinski definition) is 4. The minimum absolute atomic E-state index is 0.709. The Kier molecular flexibility index (Phi) is 4.55. The van der Waals surface area contributed by atoms with Crippen molar-refractivity contribution in [2.45, 2.75) is 26.3 Å². The van der Waals surface area contributed by atoms with Gasteiger partial charge in [-0.15, -0.1) is 10.2 Å². The second-order valence-electron chi connectivity index (χ2n) is 4.47. The van der Waals surface area contributed by atoms with Crippen LogP contribution < -0.4 is 5.32 Å². The maximum absolute atomic E-state index is 6.28. The summed E-state index contributed by atoms with van der Waals surface area (Å²) in [5.41, 5.74) is 1.98. The highest BCUT2D eigenvalue weighted by Gasteiger charge is 2.12. The van der Waals surface area contributed by atoms with Crippen LogP contribution in [0.15, 0.2) is 6.33 Å². The second-order valence-corrected chi connectivity index (χ2v) is 4.85. The average Bonchev–Trinajstić information content (AvgIpc) is 2.91. The van der Waals surface area contributed by atoms with Crippen molar-refractivity contribution in [1.29, 1.82) is 0 Å². The van der Waals surface area contributed by atoms with Crippen LogP contribution in [0.4, 0.5) is 0 Å². The molecule has 7 heteroatoms. The molecule has 0 aliphatic rings. The maximum Gasteiger partial charge on any atom is 0.133 e. The molecule has 2 aromatic heterocycles. The summed E-state index contributed by atoms with van der Waals surface area (Å²) in [4.78, 5) is 0. The molecule has 0 fully saturated rings. The Morgan fingerprint density at radius 3 is 2.74 bits per heavy atom. The Morgan fingerprint density at radius 1 is 1.37 bits per heavy atom. The molecule has 0 atom stereocenters. The summed E-state index contributed by atoms with van der Waals surface area (Å²) in [5, 5.41) is 16.4. The molecule has 0 aliphatic heterocycles. The highest BCUT2D eigenvalue weighted by molar-refractivity contribution is 6.31. The van der Waals surface area contributed by atoms with Crippen molar-refractivity contribution >= 4 is 11.6 Å². The molecule has 2 rings (SSSR count). The van der Waals surface area contributed by atoms with Crippen molar-refractivity contribution in [1.82, 2.24) is 29.9 Å².